The lowest BCUT2D eigenvalue weighted by Crippen LogP contribution is -2.29. The minimum atomic E-state index is -0.235. The molecule has 1 unspecified atom stereocenters. The molecule has 2 nitrogen and oxygen atoms in total. The Labute approximate surface area is 108 Å². The molecule has 1 atom stereocenters. The van der Waals surface area contributed by atoms with Gasteiger partial charge in [-0.15, -0.1) is 6.42 Å². The summed E-state index contributed by atoms with van der Waals surface area (Å²) in [7, 11) is 0. The summed E-state index contributed by atoms with van der Waals surface area (Å²) in [4.78, 5) is 1.95. The van der Waals surface area contributed by atoms with Crippen molar-refractivity contribution >= 4 is 5.69 Å². The zero-order valence-electron chi connectivity index (χ0n) is 10.7. The highest BCUT2D eigenvalue weighted by molar-refractivity contribution is 5.57. The molecule has 0 saturated heterocycles. The van der Waals surface area contributed by atoms with Gasteiger partial charge in [0.05, 0.1) is 12.2 Å². The fourth-order valence-corrected chi connectivity index (χ4v) is 2.19. The Bertz CT molecular complexity index is 458. The topological polar surface area (TPSA) is 29.3 Å². The number of hydrogen-bond donors (Lipinski definition) is 1. The normalized spacial score (nSPS) is 16.1. The van der Waals surface area contributed by atoms with Crippen LogP contribution in [0.4, 0.5) is 10.1 Å². The minimum Gasteiger partial charge on any atom is -0.357 e. The third-order valence-electron chi connectivity index (χ3n) is 3.28. The molecule has 1 fully saturated rings. The van der Waals surface area contributed by atoms with Crippen LogP contribution in [0.1, 0.15) is 31.4 Å². The summed E-state index contributed by atoms with van der Waals surface area (Å²) < 4.78 is 14.1. The van der Waals surface area contributed by atoms with Crippen molar-refractivity contribution in [3.8, 4) is 12.3 Å². The van der Waals surface area contributed by atoms with Crippen LogP contribution in [-0.2, 0) is 0 Å². The van der Waals surface area contributed by atoms with Gasteiger partial charge in [-0.25, -0.2) is 4.39 Å². The standard InChI is InChI=1S/C15H19FN2/c1-3-9-18(10-12-7-8-12)15-13(11(2)17)5-4-6-14(15)16/h1,4-6,11-12H,7-10,17H2,2H3. The number of rotatable bonds is 5. The maximum absolute atomic E-state index is 14.1. The molecular weight excluding hydrogens is 227 g/mol. The summed E-state index contributed by atoms with van der Waals surface area (Å²) in [5, 5.41) is 0. The van der Waals surface area contributed by atoms with Gasteiger partial charge in [0.25, 0.3) is 0 Å². The lowest BCUT2D eigenvalue weighted by Gasteiger charge is -2.26. The molecule has 0 spiro atoms. The molecule has 2 rings (SSSR count). The molecular formula is C15H19FN2. The van der Waals surface area contributed by atoms with E-state index < -0.39 is 0 Å². The van der Waals surface area contributed by atoms with Gasteiger partial charge in [0, 0.05) is 12.6 Å². The molecule has 96 valence electrons. The van der Waals surface area contributed by atoms with E-state index in [-0.39, 0.29) is 11.9 Å². The van der Waals surface area contributed by atoms with Crippen molar-refractivity contribution in [3.63, 3.8) is 0 Å². The van der Waals surface area contributed by atoms with E-state index in [0.717, 1.165) is 12.1 Å². The van der Waals surface area contributed by atoms with Gasteiger partial charge in [-0.1, -0.05) is 18.1 Å². The summed E-state index contributed by atoms with van der Waals surface area (Å²) in [5.74, 6) is 3.03. The van der Waals surface area contributed by atoms with Gasteiger partial charge >= 0.3 is 0 Å². The second kappa shape index (κ2) is 5.41. The van der Waals surface area contributed by atoms with Crippen LogP contribution in [0.3, 0.4) is 0 Å². The molecule has 1 aliphatic carbocycles. The summed E-state index contributed by atoms with van der Waals surface area (Å²) in [5.41, 5.74) is 7.32. The van der Waals surface area contributed by atoms with Crippen LogP contribution in [0, 0.1) is 24.1 Å². The van der Waals surface area contributed by atoms with Gasteiger partial charge in [0.2, 0.25) is 0 Å². The molecule has 0 heterocycles. The van der Waals surface area contributed by atoms with Crippen molar-refractivity contribution in [1.29, 1.82) is 0 Å². The van der Waals surface area contributed by atoms with E-state index in [9.17, 15) is 4.39 Å². The first kappa shape index (κ1) is 12.9. The molecule has 1 aliphatic rings. The predicted octanol–water partition coefficient (Wildman–Crippen LogP) is 2.70. The van der Waals surface area contributed by atoms with Crippen LogP contribution in [0.5, 0.6) is 0 Å². The van der Waals surface area contributed by atoms with Gasteiger partial charge in [-0.05, 0) is 37.3 Å². The highest BCUT2D eigenvalue weighted by Gasteiger charge is 2.26. The molecule has 2 N–H and O–H groups in total. The van der Waals surface area contributed by atoms with E-state index in [2.05, 4.69) is 5.92 Å². The number of benzene rings is 1. The van der Waals surface area contributed by atoms with Gasteiger partial charge in [0.15, 0.2) is 0 Å². The van der Waals surface area contributed by atoms with Crippen LogP contribution < -0.4 is 10.6 Å². The largest absolute Gasteiger partial charge is 0.357 e. The highest BCUT2D eigenvalue weighted by Crippen LogP contribution is 2.34. The number of anilines is 1. The lowest BCUT2D eigenvalue weighted by molar-refractivity contribution is 0.610. The fourth-order valence-electron chi connectivity index (χ4n) is 2.19. The number of halogens is 1. The van der Waals surface area contributed by atoms with Crippen LogP contribution in [-0.4, -0.2) is 13.1 Å². The van der Waals surface area contributed by atoms with Crippen molar-refractivity contribution < 1.29 is 4.39 Å². The lowest BCUT2D eigenvalue weighted by atomic mass is 10.0. The number of para-hydroxylation sites is 1. The minimum absolute atomic E-state index is 0.199. The third-order valence-corrected chi connectivity index (χ3v) is 3.28. The molecule has 0 amide bonds. The molecule has 1 aromatic rings. The Morgan fingerprint density at radius 2 is 2.28 bits per heavy atom. The zero-order valence-corrected chi connectivity index (χ0v) is 10.7. The third kappa shape index (κ3) is 2.83. The maximum atomic E-state index is 14.1. The molecule has 3 heteroatoms. The van der Waals surface area contributed by atoms with Gasteiger partial charge in [-0.2, -0.15) is 0 Å². The monoisotopic (exact) mass is 246 g/mol. The van der Waals surface area contributed by atoms with E-state index in [4.69, 9.17) is 12.2 Å². The first-order valence-corrected chi connectivity index (χ1v) is 6.36. The summed E-state index contributed by atoms with van der Waals surface area (Å²) in [6.45, 7) is 3.12. The first-order valence-electron chi connectivity index (χ1n) is 6.36. The van der Waals surface area contributed by atoms with E-state index in [1.54, 1.807) is 6.07 Å². The molecule has 0 radical (unpaired) electrons. The van der Waals surface area contributed by atoms with E-state index in [0.29, 0.717) is 18.2 Å². The van der Waals surface area contributed by atoms with Crippen molar-refractivity contribution in [1.82, 2.24) is 0 Å². The number of nitrogens with zero attached hydrogens (tertiary/aromatic N) is 1. The van der Waals surface area contributed by atoms with Gasteiger partial charge < -0.3 is 10.6 Å². The molecule has 1 aromatic carbocycles. The Hall–Kier alpha value is -1.53. The molecule has 0 aliphatic heterocycles. The second-order valence-corrected chi connectivity index (χ2v) is 4.99. The summed E-state index contributed by atoms with van der Waals surface area (Å²) in [6, 6.07) is 4.84. The Kier molecular flexibility index (Phi) is 3.88. The summed E-state index contributed by atoms with van der Waals surface area (Å²) in [6.07, 6.45) is 7.82. The van der Waals surface area contributed by atoms with Crippen molar-refractivity contribution in [2.24, 2.45) is 11.7 Å². The van der Waals surface area contributed by atoms with Crippen LogP contribution in [0.15, 0.2) is 18.2 Å². The van der Waals surface area contributed by atoms with Crippen molar-refractivity contribution in [2.45, 2.75) is 25.8 Å². The Morgan fingerprint density at radius 3 is 2.83 bits per heavy atom. The second-order valence-electron chi connectivity index (χ2n) is 4.99. The number of terminal acetylenes is 1. The maximum Gasteiger partial charge on any atom is 0.146 e. The average molecular weight is 246 g/mol. The van der Waals surface area contributed by atoms with Crippen LogP contribution >= 0.6 is 0 Å². The zero-order chi connectivity index (χ0) is 13.1. The van der Waals surface area contributed by atoms with E-state index >= 15 is 0 Å². The predicted molar refractivity (Wildman–Crippen MR) is 72.8 cm³/mol. The van der Waals surface area contributed by atoms with E-state index in [1.807, 2.05) is 17.9 Å². The Morgan fingerprint density at radius 1 is 1.56 bits per heavy atom. The summed E-state index contributed by atoms with van der Waals surface area (Å²) >= 11 is 0. The average Bonchev–Trinajstić information content (AvgIpc) is 3.12. The quantitative estimate of drug-likeness (QED) is 0.809. The fraction of sp³-hybridized carbons (Fsp3) is 0.467. The van der Waals surface area contributed by atoms with Crippen LogP contribution in [0.25, 0.3) is 0 Å². The van der Waals surface area contributed by atoms with Gasteiger partial charge in [0.1, 0.15) is 5.82 Å². The smallest absolute Gasteiger partial charge is 0.146 e. The van der Waals surface area contributed by atoms with Gasteiger partial charge in [-0.3, -0.25) is 0 Å². The highest BCUT2D eigenvalue weighted by atomic mass is 19.1. The number of nitrogens with two attached hydrogens (primary N) is 1. The molecule has 18 heavy (non-hydrogen) atoms. The molecule has 0 aromatic heterocycles. The van der Waals surface area contributed by atoms with Crippen LogP contribution in [0.2, 0.25) is 0 Å². The van der Waals surface area contributed by atoms with Crippen molar-refractivity contribution in [3.05, 3.63) is 29.6 Å². The first-order chi connectivity index (χ1) is 8.63. The van der Waals surface area contributed by atoms with E-state index in [1.165, 1.54) is 18.9 Å². The number of hydrogen-bond acceptors (Lipinski definition) is 2. The SMILES string of the molecule is C#CCN(CC1CC1)c1c(F)cccc1C(C)N. The van der Waals surface area contributed by atoms with Crippen molar-refractivity contribution in [2.75, 3.05) is 18.0 Å². The molecule has 1 saturated carbocycles. The molecule has 0 bridgehead atoms. The Balaban J connectivity index is 2.35.